The van der Waals surface area contributed by atoms with Crippen LogP contribution in [0.15, 0.2) is 18.2 Å². The molecule has 0 aliphatic rings. The molecule has 2 nitrogen and oxygen atoms in total. The predicted molar refractivity (Wildman–Crippen MR) is 56.5 cm³/mol. The minimum atomic E-state index is -2.91. The van der Waals surface area contributed by atoms with Gasteiger partial charge in [0.1, 0.15) is 11.8 Å². The quantitative estimate of drug-likeness (QED) is 0.772. The first-order chi connectivity index (χ1) is 7.34. The van der Waals surface area contributed by atoms with Gasteiger partial charge in [0.25, 0.3) is 0 Å². The third-order valence-electron chi connectivity index (χ3n) is 2.18. The molecule has 4 heteroatoms. The lowest BCUT2D eigenvalue weighted by atomic mass is 9.86. The summed E-state index contributed by atoms with van der Waals surface area (Å²) < 4.78 is 28.3. The van der Waals surface area contributed by atoms with Gasteiger partial charge in [0.2, 0.25) is 0 Å². The maximum atomic E-state index is 12.0. The molecule has 0 aromatic heterocycles. The smallest absolute Gasteiger partial charge is 0.387 e. The predicted octanol–water partition coefficient (Wildman–Crippen LogP) is 3.46. The van der Waals surface area contributed by atoms with E-state index in [0.717, 1.165) is 5.56 Å². The zero-order valence-electron chi connectivity index (χ0n) is 9.42. The summed E-state index contributed by atoms with van der Waals surface area (Å²) in [4.78, 5) is 0. The average molecular weight is 225 g/mol. The van der Waals surface area contributed by atoms with Crippen molar-refractivity contribution in [2.24, 2.45) is 0 Å². The van der Waals surface area contributed by atoms with Crippen LogP contribution in [0.25, 0.3) is 0 Å². The van der Waals surface area contributed by atoms with Crippen molar-refractivity contribution in [3.63, 3.8) is 0 Å². The van der Waals surface area contributed by atoms with Crippen molar-refractivity contribution in [3.8, 4) is 11.8 Å². The van der Waals surface area contributed by atoms with Gasteiger partial charge >= 0.3 is 6.61 Å². The molecule has 1 rings (SSSR count). The van der Waals surface area contributed by atoms with Crippen molar-refractivity contribution >= 4 is 0 Å². The Morgan fingerprint density at radius 2 is 1.94 bits per heavy atom. The second-order valence-corrected chi connectivity index (χ2v) is 4.45. The molecule has 0 atom stereocenters. The Morgan fingerprint density at radius 3 is 2.38 bits per heavy atom. The SMILES string of the molecule is CC(C)(C)c1ccc(OC(F)F)c(C#N)c1. The maximum Gasteiger partial charge on any atom is 0.387 e. The fraction of sp³-hybridized carbons (Fsp3) is 0.417. The number of hydrogen-bond acceptors (Lipinski definition) is 2. The van der Waals surface area contributed by atoms with E-state index in [1.165, 1.54) is 6.07 Å². The molecule has 86 valence electrons. The molecule has 0 fully saturated rings. The molecule has 1 aromatic rings. The van der Waals surface area contributed by atoms with E-state index in [-0.39, 0.29) is 16.7 Å². The first-order valence-corrected chi connectivity index (χ1v) is 4.84. The van der Waals surface area contributed by atoms with Gasteiger partial charge in [-0.2, -0.15) is 14.0 Å². The molecule has 0 aliphatic carbocycles. The van der Waals surface area contributed by atoms with Crippen LogP contribution < -0.4 is 4.74 Å². The largest absolute Gasteiger partial charge is 0.433 e. The van der Waals surface area contributed by atoms with E-state index in [1.54, 1.807) is 12.1 Å². The average Bonchev–Trinajstić information content (AvgIpc) is 2.15. The van der Waals surface area contributed by atoms with Crippen molar-refractivity contribution in [3.05, 3.63) is 29.3 Å². The molecular formula is C12H13F2NO. The molecule has 0 spiro atoms. The fourth-order valence-electron chi connectivity index (χ4n) is 1.28. The Bertz CT molecular complexity index is 416. The monoisotopic (exact) mass is 225 g/mol. The number of halogens is 2. The van der Waals surface area contributed by atoms with Gasteiger partial charge in [-0.3, -0.25) is 0 Å². The van der Waals surface area contributed by atoms with Gasteiger partial charge in [-0.1, -0.05) is 26.8 Å². The standard InChI is InChI=1S/C12H13F2NO/c1-12(2,3)9-4-5-10(16-11(13)14)8(6-9)7-15/h4-6,11H,1-3H3. The topological polar surface area (TPSA) is 33.0 Å². The number of nitrogens with zero attached hydrogens (tertiary/aromatic N) is 1. The number of benzene rings is 1. The fourth-order valence-corrected chi connectivity index (χ4v) is 1.28. The van der Waals surface area contributed by atoms with E-state index >= 15 is 0 Å². The Labute approximate surface area is 93.5 Å². The van der Waals surface area contributed by atoms with Gasteiger partial charge in [-0.25, -0.2) is 0 Å². The summed E-state index contributed by atoms with van der Waals surface area (Å²) in [6, 6.07) is 6.54. The van der Waals surface area contributed by atoms with Crippen LogP contribution in [0, 0.1) is 11.3 Å². The lowest BCUT2D eigenvalue weighted by Crippen LogP contribution is -2.12. The lowest BCUT2D eigenvalue weighted by Gasteiger charge is -2.19. The van der Waals surface area contributed by atoms with Crippen molar-refractivity contribution < 1.29 is 13.5 Å². The van der Waals surface area contributed by atoms with E-state index < -0.39 is 6.61 Å². The van der Waals surface area contributed by atoms with Gasteiger partial charge in [0.05, 0.1) is 5.56 Å². The summed E-state index contributed by atoms with van der Waals surface area (Å²) in [5.41, 5.74) is 0.910. The van der Waals surface area contributed by atoms with Gasteiger partial charge in [-0.05, 0) is 23.1 Å². The zero-order valence-corrected chi connectivity index (χ0v) is 9.42. The molecule has 0 bridgehead atoms. The second kappa shape index (κ2) is 4.48. The van der Waals surface area contributed by atoms with E-state index in [9.17, 15) is 8.78 Å². The highest BCUT2D eigenvalue weighted by Crippen LogP contribution is 2.28. The third kappa shape index (κ3) is 2.93. The van der Waals surface area contributed by atoms with E-state index in [0.29, 0.717) is 0 Å². The summed E-state index contributed by atoms with van der Waals surface area (Å²) in [7, 11) is 0. The van der Waals surface area contributed by atoms with Gasteiger partial charge in [-0.15, -0.1) is 0 Å². The number of ether oxygens (including phenoxy) is 1. The second-order valence-electron chi connectivity index (χ2n) is 4.45. The molecule has 0 saturated heterocycles. The molecule has 0 radical (unpaired) electrons. The molecule has 1 aromatic carbocycles. The molecular weight excluding hydrogens is 212 g/mol. The van der Waals surface area contributed by atoms with Crippen LogP contribution in [-0.2, 0) is 5.41 Å². The van der Waals surface area contributed by atoms with Crippen LogP contribution in [0.5, 0.6) is 5.75 Å². The summed E-state index contributed by atoms with van der Waals surface area (Å²) in [5.74, 6) is -0.0782. The van der Waals surface area contributed by atoms with Crippen molar-refractivity contribution in [2.75, 3.05) is 0 Å². The number of alkyl halides is 2. The molecule has 16 heavy (non-hydrogen) atoms. The molecule has 0 saturated carbocycles. The minimum Gasteiger partial charge on any atom is -0.433 e. The number of rotatable bonds is 2. The van der Waals surface area contributed by atoms with Gasteiger partial charge in [0, 0.05) is 0 Å². The summed E-state index contributed by atoms with van der Waals surface area (Å²) in [6.07, 6.45) is 0. The minimum absolute atomic E-state index is 0.0782. The highest BCUT2D eigenvalue weighted by Gasteiger charge is 2.17. The Hall–Kier alpha value is -1.63. The van der Waals surface area contributed by atoms with E-state index in [1.807, 2.05) is 26.8 Å². The molecule has 0 aliphatic heterocycles. The number of nitriles is 1. The molecule has 0 unspecified atom stereocenters. The van der Waals surface area contributed by atoms with Crippen molar-refractivity contribution in [1.82, 2.24) is 0 Å². The van der Waals surface area contributed by atoms with E-state index in [4.69, 9.17) is 5.26 Å². The third-order valence-corrected chi connectivity index (χ3v) is 2.18. The van der Waals surface area contributed by atoms with Crippen LogP contribution >= 0.6 is 0 Å². The zero-order chi connectivity index (χ0) is 12.3. The van der Waals surface area contributed by atoms with Crippen LogP contribution in [0.4, 0.5) is 8.78 Å². The normalized spacial score (nSPS) is 11.3. The highest BCUT2D eigenvalue weighted by molar-refractivity contribution is 5.46. The van der Waals surface area contributed by atoms with Gasteiger partial charge in [0.15, 0.2) is 0 Å². The molecule has 0 amide bonds. The Kier molecular flexibility index (Phi) is 3.48. The number of hydrogen-bond donors (Lipinski definition) is 0. The Morgan fingerprint density at radius 1 is 1.31 bits per heavy atom. The molecule has 0 N–H and O–H groups in total. The highest BCUT2D eigenvalue weighted by atomic mass is 19.3. The Balaban J connectivity index is 3.13. The van der Waals surface area contributed by atoms with Crippen LogP contribution in [-0.4, -0.2) is 6.61 Å². The summed E-state index contributed by atoms with van der Waals surface area (Å²) in [6.45, 7) is 3.04. The van der Waals surface area contributed by atoms with Crippen molar-refractivity contribution in [1.29, 1.82) is 5.26 Å². The first kappa shape index (κ1) is 12.4. The van der Waals surface area contributed by atoms with Crippen LogP contribution in [0.3, 0.4) is 0 Å². The lowest BCUT2D eigenvalue weighted by molar-refractivity contribution is -0.0500. The molecule has 0 heterocycles. The maximum absolute atomic E-state index is 12.0. The van der Waals surface area contributed by atoms with Crippen LogP contribution in [0.1, 0.15) is 31.9 Å². The summed E-state index contributed by atoms with van der Waals surface area (Å²) in [5, 5.41) is 8.85. The van der Waals surface area contributed by atoms with Crippen molar-refractivity contribution in [2.45, 2.75) is 32.8 Å². The van der Waals surface area contributed by atoms with E-state index in [2.05, 4.69) is 4.74 Å². The summed E-state index contributed by atoms with van der Waals surface area (Å²) >= 11 is 0. The van der Waals surface area contributed by atoms with Gasteiger partial charge < -0.3 is 4.74 Å². The first-order valence-electron chi connectivity index (χ1n) is 4.84. The van der Waals surface area contributed by atoms with Crippen LogP contribution in [0.2, 0.25) is 0 Å².